The zero-order chi connectivity index (χ0) is 20.7. The highest BCUT2D eigenvalue weighted by molar-refractivity contribution is 5.97. The molecule has 148 valence electrons. The molecule has 0 aliphatic heterocycles. The van der Waals surface area contributed by atoms with Crippen LogP contribution in [-0.4, -0.2) is 30.9 Å². The highest BCUT2D eigenvalue weighted by Gasteiger charge is 2.14. The zero-order valence-corrected chi connectivity index (χ0v) is 16.7. The zero-order valence-electron chi connectivity index (χ0n) is 16.7. The van der Waals surface area contributed by atoms with Crippen molar-refractivity contribution < 1.29 is 19.1 Å². The number of carbonyl (C=O) groups is 3. The van der Waals surface area contributed by atoms with E-state index in [1.54, 1.807) is 12.1 Å². The van der Waals surface area contributed by atoms with E-state index < -0.39 is 18.5 Å². The molecule has 0 saturated heterocycles. The van der Waals surface area contributed by atoms with Crippen molar-refractivity contribution in [2.24, 2.45) is 0 Å². The second-order valence-corrected chi connectivity index (χ2v) is 7.53. The summed E-state index contributed by atoms with van der Waals surface area (Å²) in [5.41, 5.74) is 3.11. The number of amides is 2. The number of carbonyl (C=O) groups excluding carboxylic acids is 3. The highest BCUT2D eigenvalue weighted by Crippen LogP contribution is 2.23. The van der Waals surface area contributed by atoms with E-state index in [0.717, 1.165) is 11.1 Å². The molecule has 2 aromatic rings. The van der Waals surface area contributed by atoms with Gasteiger partial charge in [0.15, 0.2) is 6.61 Å². The number of nitrogens with one attached hydrogen (secondary N) is 2. The van der Waals surface area contributed by atoms with E-state index in [2.05, 4.69) is 31.4 Å². The summed E-state index contributed by atoms with van der Waals surface area (Å²) >= 11 is 0. The average Bonchev–Trinajstić information content (AvgIpc) is 2.64. The number of hydrogen-bond acceptors (Lipinski definition) is 4. The topological polar surface area (TPSA) is 84.5 Å². The standard InChI is InChI=1S/C22H26N2O4/c1-15-7-5-6-8-18(15)21(27)23-13-20(26)28-14-19(25)24-17-11-9-16(10-12-17)22(2,3)4/h5-12H,13-14H2,1-4H3,(H,23,27)(H,24,25). The molecule has 0 spiro atoms. The van der Waals surface area contributed by atoms with Crippen LogP contribution < -0.4 is 10.6 Å². The monoisotopic (exact) mass is 382 g/mol. The Balaban J connectivity index is 1.75. The van der Waals surface area contributed by atoms with Gasteiger partial charge < -0.3 is 15.4 Å². The molecular formula is C22H26N2O4. The SMILES string of the molecule is Cc1ccccc1C(=O)NCC(=O)OCC(=O)Nc1ccc(C(C)(C)C)cc1. The molecule has 0 fully saturated rings. The molecule has 0 aliphatic rings. The largest absolute Gasteiger partial charge is 0.454 e. The first-order valence-electron chi connectivity index (χ1n) is 9.06. The lowest BCUT2D eigenvalue weighted by Gasteiger charge is -2.19. The van der Waals surface area contributed by atoms with E-state index in [4.69, 9.17) is 4.74 Å². The molecular weight excluding hydrogens is 356 g/mol. The Labute approximate surface area is 165 Å². The van der Waals surface area contributed by atoms with Gasteiger partial charge in [-0.05, 0) is 41.7 Å². The van der Waals surface area contributed by atoms with E-state index in [0.29, 0.717) is 11.3 Å². The van der Waals surface area contributed by atoms with Crippen LogP contribution in [0.1, 0.15) is 42.3 Å². The van der Waals surface area contributed by atoms with Gasteiger partial charge in [-0.3, -0.25) is 14.4 Å². The van der Waals surface area contributed by atoms with Crippen molar-refractivity contribution >= 4 is 23.5 Å². The fraction of sp³-hybridized carbons (Fsp3) is 0.318. The molecule has 2 rings (SSSR count). The smallest absolute Gasteiger partial charge is 0.325 e. The maximum Gasteiger partial charge on any atom is 0.325 e. The average molecular weight is 382 g/mol. The summed E-state index contributed by atoms with van der Waals surface area (Å²) in [7, 11) is 0. The van der Waals surface area contributed by atoms with Gasteiger partial charge in [0.05, 0.1) is 0 Å². The molecule has 0 unspecified atom stereocenters. The van der Waals surface area contributed by atoms with Gasteiger partial charge in [0.2, 0.25) is 0 Å². The Morgan fingerprint density at radius 2 is 1.61 bits per heavy atom. The number of benzene rings is 2. The fourth-order valence-electron chi connectivity index (χ4n) is 2.52. The van der Waals surface area contributed by atoms with Crippen LogP contribution in [0, 0.1) is 6.92 Å². The van der Waals surface area contributed by atoms with Crippen LogP contribution in [-0.2, 0) is 19.7 Å². The Morgan fingerprint density at radius 1 is 0.964 bits per heavy atom. The minimum atomic E-state index is -0.680. The van der Waals surface area contributed by atoms with Crippen molar-refractivity contribution in [3.8, 4) is 0 Å². The lowest BCUT2D eigenvalue weighted by molar-refractivity contribution is -0.146. The maximum absolute atomic E-state index is 12.0. The molecule has 0 heterocycles. The number of esters is 1. The number of rotatable bonds is 6. The van der Waals surface area contributed by atoms with E-state index in [9.17, 15) is 14.4 Å². The number of ether oxygens (including phenoxy) is 1. The van der Waals surface area contributed by atoms with Crippen molar-refractivity contribution in [2.45, 2.75) is 33.1 Å². The van der Waals surface area contributed by atoms with E-state index >= 15 is 0 Å². The summed E-state index contributed by atoms with van der Waals surface area (Å²) in [5, 5.41) is 5.16. The molecule has 0 aliphatic carbocycles. The first-order valence-corrected chi connectivity index (χ1v) is 9.06. The Hall–Kier alpha value is -3.15. The second-order valence-electron chi connectivity index (χ2n) is 7.53. The van der Waals surface area contributed by atoms with E-state index in [1.807, 2.05) is 43.3 Å². The number of hydrogen-bond donors (Lipinski definition) is 2. The van der Waals surface area contributed by atoms with Gasteiger partial charge in [-0.2, -0.15) is 0 Å². The molecule has 0 atom stereocenters. The summed E-state index contributed by atoms with van der Waals surface area (Å²) < 4.78 is 4.90. The summed E-state index contributed by atoms with van der Waals surface area (Å²) in [4.78, 5) is 35.7. The molecule has 28 heavy (non-hydrogen) atoms. The normalized spacial score (nSPS) is 10.9. The Bertz CT molecular complexity index is 852. The van der Waals surface area contributed by atoms with Gasteiger partial charge in [0.1, 0.15) is 6.54 Å². The van der Waals surface area contributed by atoms with Crippen LogP contribution in [0.5, 0.6) is 0 Å². The first kappa shape index (κ1) is 21.2. The summed E-state index contributed by atoms with van der Waals surface area (Å²) in [5.74, 6) is -1.49. The third-order valence-electron chi connectivity index (χ3n) is 4.18. The molecule has 6 nitrogen and oxygen atoms in total. The Morgan fingerprint density at radius 3 is 2.21 bits per heavy atom. The predicted octanol–water partition coefficient (Wildman–Crippen LogP) is 3.20. The van der Waals surface area contributed by atoms with Crippen molar-refractivity contribution in [2.75, 3.05) is 18.5 Å². The van der Waals surface area contributed by atoms with Crippen LogP contribution in [0.3, 0.4) is 0 Å². The summed E-state index contributed by atoms with van der Waals surface area (Å²) in [6, 6.07) is 14.6. The van der Waals surface area contributed by atoms with Gasteiger partial charge in [-0.15, -0.1) is 0 Å². The molecule has 2 aromatic carbocycles. The van der Waals surface area contributed by atoms with Gasteiger partial charge >= 0.3 is 5.97 Å². The molecule has 0 saturated carbocycles. The lowest BCUT2D eigenvalue weighted by atomic mass is 9.87. The van der Waals surface area contributed by atoms with Crippen LogP contribution >= 0.6 is 0 Å². The molecule has 0 radical (unpaired) electrons. The van der Waals surface area contributed by atoms with Gasteiger partial charge in [-0.1, -0.05) is 51.1 Å². The fourth-order valence-corrected chi connectivity index (χ4v) is 2.52. The van der Waals surface area contributed by atoms with Crippen molar-refractivity contribution in [3.05, 3.63) is 65.2 Å². The van der Waals surface area contributed by atoms with E-state index in [1.165, 1.54) is 0 Å². The van der Waals surface area contributed by atoms with Crippen LogP contribution in [0.2, 0.25) is 0 Å². The number of aryl methyl sites for hydroxylation is 1. The third kappa shape index (κ3) is 6.23. The van der Waals surface area contributed by atoms with Crippen molar-refractivity contribution in [1.82, 2.24) is 5.32 Å². The van der Waals surface area contributed by atoms with Crippen LogP contribution in [0.25, 0.3) is 0 Å². The Kier molecular flexibility index (Phi) is 6.93. The predicted molar refractivity (Wildman–Crippen MR) is 108 cm³/mol. The van der Waals surface area contributed by atoms with Crippen molar-refractivity contribution in [3.63, 3.8) is 0 Å². The molecule has 2 N–H and O–H groups in total. The van der Waals surface area contributed by atoms with Crippen LogP contribution in [0.15, 0.2) is 48.5 Å². The minimum absolute atomic E-state index is 0.0286. The first-order chi connectivity index (χ1) is 13.2. The van der Waals surface area contributed by atoms with Gasteiger partial charge in [-0.25, -0.2) is 0 Å². The molecule has 0 aromatic heterocycles. The van der Waals surface area contributed by atoms with E-state index in [-0.39, 0.29) is 17.9 Å². The second kappa shape index (κ2) is 9.17. The summed E-state index contributed by atoms with van der Waals surface area (Å²) in [6.45, 7) is 7.42. The highest BCUT2D eigenvalue weighted by atomic mass is 16.5. The maximum atomic E-state index is 12.0. The van der Waals surface area contributed by atoms with Crippen molar-refractivity contribution in [1.29, 1.82) is 0 Å². The molecule has 2 amide bonds. The minimum Gasteiger partial charge on any atom is -0.454 e. The third-order valence-corrected chi connectivity index (χ3v) is 4.18. The van der Waals surface area contributed by atoms with Gasteiger partial charge in [0.25, 0.3) is 11.8 Å². The lowest BCUT2D eigenvalue weighted by Crippen LogP contribution is -2.32. The number of anilines is 1. The summed E-state index contributed by atoms with van der Waals surface area (Å²) in [6.07, 6.45) is 0. The molecule has 0 bridgehead atoms. The molecule has 6 heteroatoms. The quantitative estimate of drug-likeness (QED) is 0.752. The van der Waals surface area contributed by atoms with Gasteiger partial charge in [0, 0.05) is 11.3 Å². The van der Waals surface area contributed by atoms with Crippen LogP contribution in [0.4, 0.5) is 5.69 Å².